The average molecular weight is 167 g/mol. The summed E-state index contributed by atoms with van der Waals surface area (Å²) in [5.41, 5.74) is 6.57. The normalized spacial score (nSPS) is 19.9. The van der Waals surface area contributed by atoms with Crippen molar-refractivity contribution in [2.45, 2.75) is 39.0 Å². The highest BCUT2D eigenvalue weighted by Gasteiger charge is 2.18. The van der Waals surface area contributed by atoms with E-state index in [0.29, 0.717) is 0 Å². The lowest BCUT2D eigenvalue weighted by Crippen LogP contribution is -2.25. The maximum absolute atomic E-state index is 11.0. The number of carbonyl (C=O) groups is 1. The number of primary amides is 1. The molecule has 68 valence electrons. The van der Waals surface area contributed by atoms with E-state index in [9.17, 15) is 4.79 Å². The van der Waals surface area contributed by atoms with Crippen LogP contribution in [0, 0.1) is 5.92 Å². The van der Waals surface area contributed by atoms with Gasteiger partial charge in [-0.25, -0.2) is 0 Å². The van der Waals surface area contributed by atoms with Crippen LogP contribution in [0.4, 0.5) is 0 Å². The van der Waals surface area contributed by atoms with Gasteiger partial charge in [0.1, 0.15) is 0 Å². The summed E-state index contributed by atoms with van der Waals surface area (Å²) in [6, 6.07) is 0. The standard InChI is InChI=1S/C10H17NO/c1-2-9(10(11)12)8-6-4-3-5-7-8/h6,9H,2-5,7H2,1H3,(H2,11,12). The minimum atomic E-state index is -0.161. The molecule has 1 rings (SSSR count). The molecule has 0 spiro atoms. The van der Waals surface area contributed by atoms with Gasteiger partial charge < -0.3 is 5.73 Å². The topological polar surface area (TPSA) is 43.1 Å². The van der Waals surface area contributed by atoms with Crippen LogP contribution in [-0.4, -0.2) is 5.91 Å². The molecule has 0 saturated heterocycles. The Morgan fingerprint density at radius 3 is 2.83 bits per heavy atom. The molecule has 0 aliphatic heterocycles. The van der Waals surface area contributed by atoms with E-state index < -0.39 is 0 Å². The molecule has 0 fully saturated rings. The first-order chi connectivity index (χ1) is 5.75. The van der Waals surface area contributed by atoms with E-state index in [1.165, 1.54) is 18.4 Å². The van der Waals surface area contributed by atoms with Crippen LogP contribution in [0.5, 0.6) is 0 Å². The molecule has 0 radical (unpaired) electrons. The van der Waals surface area contributed by atoms with E-state index in [-0.39, 0.29) is 11.8 Å². The average Bonchev–Trinajstić information content (AvgIpc) is 2.07. The molecule has 2 nitrogen and oxygen atoms in total. The van der Waals surface area contributed by atoms with Crippen molar-refractivity contribution in [1.29, 1.82) is 0 Å². The summed E-state index contributed by atoms with van der Waals surface area (Å²) in [5.74, 6) is -0.157. The summed E-state index contributed by atoms with van der Waals surface area (Å²) >= 11 is 0. The smallest absolute Gasteiger partial charge is 0.224 e. The fourth-order valence-corrected chi connectivity index (χ4v) is 1.83. The third kappa shape index (κ3) is 2.10. The molecule has 1 aliphatic carbocycles. The highest BCUT2D eigenvalue weighted by Crippen LogP contribution is 2.25. The molecule has 0 aromatic rings. The van der Waals surface area contributed by atoms with Gasteiger partial charge in [0.25, 0.3) is 0 Å². The fourth-order valence-electron chi connectivity index (χ4n) is 1.83. The van der Waals surface area contributed by atoms with Gasteiger partial charge in [0.15, 0.2) is 0 Å². The molecule has 1 amide bonds. The summed E-state index contributed by atoms with van der Waals surface area (Å²) < 4.78 is 0. The molecular weight excluding hydrogens is 150 g/mol. The van der Waals surface area contributed by atoms with Crippen molar-refractivity contribution in [1.82, 2.24) is 0 Å². The van der Waals surface area contributed by atoms with Gasteiger partial charge in [0.05, 0.1) is 5.92 Å². The molecule has 0 aromatic carbocycles. The Morgan fingerprint density at radius 2 is 2.42 bits per heavy atom. The second kappa shape index (κ2) is 4.29. The quantitative estimate of drug-likeness (QED) is 0.642. The van der Waals surface area contributed by atoms with Crippen LogP contribution in [0.2, 0.25) is 0 Å². The number of carbonyl (C=O) groups excluding carboxylic acids is 1. The minimum absolute atomic E-state index is 0.00491. The monoisotopic (exact) mass is 167 g/mol. The summed E-state index contributed by atoms with van der Waals surface area (Å²) in [5, 5.41) is 0. The summed E-state index contributed by atoms with van der Waals surface area (Å²) in [6.07, 6.45) is 7.72. The molecule has 0 saturated carbocycles. The zero-order chi connectivity index (χ0) is 8.97. The molecule has 0 aromatic heterocycles. The summed E-state index contributed by atoms with van der Waals surface area (Å²) in [4.78, 5) is 11.0. The number of hydrogen-bond acceptors (Lipinski definition) is 1. The van der Waals surface area contributed by atoms with Crippen molar-refractivity contribution >= 4 is 5.91 Å². The van der Waals surface area contributed by atoms with Crippen molar-refractivity contribution in [3.63, 3.8) is 0 Å². The van der Waals surface area contributed by atoms with Crippen molar-refractivity contribution < 1.29 is 4.79 Å². The van der Waals surface area contributed by atoms with Crippen LogP contribution in [0.1, 0.15) is 39.0 Å². The number of allylic oxidation sites excluding steroid dienone is 1. The van der Waals surface area contributed by atoms with E-state index in [1.54, 1.807) is 0 Å². The third-order valence-corrected chi connectivity index (χ3v) is 2.53. The summed E-state index contributed by atoms with van der Waals surface area (Å²) in [6.45, 7) is 2.02. The van der Waals surface area contributed by atoms with Crippen LogP contribution >= 0.6 is 0 Å². The van der Waals surface area contributed by atoms with Gasteiger partial charge in [-0.15, -0.1) is 0 Å². The van der Waals surface area contributed by atoms with Gasteiger partial charge >= 0.3 is 0 Å². The molecule has 1 unspecified atom stereocenters. The largest absolute Gasteiger partial charge is 0.369 e. The van der Waals surface area contributed by atoms with Gasteiger partial charge in [-0.1, -0.05) is 18.6 Å². The Balaban J connectivity index is 2.64. The number of rotatable bonds is 3. The van der Waals surface area contributed by atoms with Crippen molar-refractivity contribution in [3.05, 3.63) is 11.6 Å². The Kier molecular flexibility index (Phi) is 3.32. The first-order valence-corrected chi connectivity index (χ1v) is 4.74. The molecule has 12 heavy (non-hydrogen) atoms. The SMILES string of the molecule is CCC(C(N)=O)C1=CCCCC1. The number of nitrogens with two attached hydrogens (primary N) is 1. The van der Waals surface area contributed by atoms with E-state index in [2.05, 4.69) is 6.08 Å². The Bertz CT molecular complexity index is 196. The minimum Gasteiger partial charge on any atom is -0.369 e. The molecule has 1 aliphatic rings. The van der Waals surface area contributed by atoms with Crippen LogP contribution in [0.25, 0.3) is 0 Å². The van der Waals surface area contributed by atoms with Gasteiger partial charge in [-0.3, -0.25) is 4.79 Å². The van der Waals surface area contributed by atoms with E-state index in [1.807, 2.05) is 6.92 Å². The van der Waals surface area contributed by atoms with E-state index >= 15 is 0 Å². The number of hydrogen-bond donors (Lipinski definition) is 1. The highest BCUT2D eigenvalue weighted by atomic mass is 16.1. The Labute approximate surface area is 73.8 Å². The maximum Gasteiger partial charge on any atom is 0.224 e. The van der Waals surface area contributed by atoms with E-state index in [4.69, 9.17) is 5.73 Å². The molecule has 0 heterocycles. The lowest BCUT2D eigenvalue weighted by atomic mass is 9.87. The number of amides is 1. The third-order valence-electron chi connectivity index (χ3n) is 2.53. The molecular formula is C10H17NO. The molecule has 2 N–H and O–H groups in total. The molecule has 0 bridgehead atoms. The van der Waals surface area contributed by atoms with Gasteiger partial charge in [0.2, 0.25) is 5.91 Å². The van der Waals surface area contributed by atoms with Crippen molar-refractivity contribution in [2.24, 2.45) is 11.7 Å². The predicted octanol–water partition coefficient (Wildman–Crippen LogP) is 2.00. The van der Waals surface area contributed by atoms with Crippen molar-refractivity contribution in [3.8, 4) is 0 Å². The highest BCUT2D eigenvalue weighted by molar-refractivity contribution is 5.79. The van der Waals surface area contributed by atoms with Gasteiger partial charge in [-0.2, -0.15) is 0 Å². The van der Waals surface area contributed by atoms with Crippen LogP contribution in [0.3, 0.4) is 0 Å². The van der Waals surface area contributed by atoms with E-state index in [0.717, 1.165) is 19.3 Å². The zero-order valence-corrected chi connectivity index (χ0v) is 7.68. The predicted molar refractivity (Wildman–Crippen MR) is 49.5 cm³/mol. The Hall–Kier alpha value is -0.790. The zero-order valence-electron chi connectivity index (χ0n) is 7.68. The fraction of sp³-hybridized carbons (Fsp3) is 0.700. The molecule has 2 heteroatoms. The first-order valence-electron chi connectivity index (χ1n) is 4.74. The van der Waals surface area contributed by atoms with Crippen LogP contribution in [0.15, 0.2) is 11.6 Å². The van der Waals surface area contributed by atoms with Crippen LogP contribution in [-0.2, 0) is 4.79 Å². The first kappa shape index (κ1) is 9.30. The second-order valence-corrected chi connectivity index (χ2v) is 3.39. The lowest BCUT2D eigenvalue weighted by Gasteiger charge is -2.18. The Morgan fingerprint density at radius 1 is 1.67 bits per heavy atom. The summed E-state index contributed by atoms with van der Waals surface area (Å²) in [7, 11) is 0. The van der Waals surface area contributed by atoms with Gasteiger partial charge in [-0.05, 0) is 32.1 Å². The molecule has 1 atom stereocenters. The van der Waals surface area contributed by atoms with Gasteiger partial charge in [0, 0.05) is 0 Å². The second-order valence-electron chi connectivity index (χ2n) is 3.39. The van der Waals surface area contributed by atoms with Crippen LogP contribution < -0.4 is 5.73 Å². The lowest BCUT2D eigenvalue weighted by molar-refractivity contribution is -0.120. The maximum atomic E-state index is 11.0. The van der Waals surface area contributed by atoms with Crippen molar-refractivity contribution in [2.75, 3.05) is 0 Å².